The molecule has 3 heterocycles. The van der Waals surface area contributed by atoms with Crippen LogP contribution in [0, 0.1) is 6.92 Å². The zero-order valence-electron chi connectivity index (χ0n) is 17.2. The van der Waals surface area contributed by atoms with Gasteiger partial charge in [-0.1, -0.05) is 18.5 Å². The summed E-state index contributed by atoms with van der Waals surface area (Å²) in [6.45, 7) is 4.13. The van der Waals surface area contributed by atoms with E-state index in [0.717, 1.165) is 30.6 Å². The van der Waals surface area contributed by atoms with Gasteiger partial charge in [-0.3, -0.25) is 0 Å². The molecule has 1 atom stereocenters. The van der Waals surface area contributed by atoms with Crippen molar-refractivity contribution in [3.8, 4) is 5.69 Å². The van der Waals surface area contributed by atoms with Gasteiger partial charge in [0.2, 0.25) is 11.9 Å². The van der Waals surface area contributed by atoms with E-state index in [2.05, 4.69) is 25.3 Å². The number of benzene rings is 1. The highest BCUT2D eigenvalue weighted by Gasteiger charge is 2.47. The van der Waals surface area contributed by atoms with Crippen molar-refractivity contribution in [1.29, 1.82) is 0 Å². The summed E-state index contributed by atoms with van der Waals surface area (Å²) < 4.78 is 7.14. The molecule has 1 N–H and O–H groups in total. The molecule has 2 aliphatic rings. The Morgan fingerprint density at radius 1 is 1.23 bits per heavy atom. The average molecular weight is 440 g/mol. The third-order valence-electron chi connectivity index (χ3n) is 5.68. The number of nitrogens with zero attached hydrogens (tertiary/aromatic N) is 6. The second kappa shape index (κ2) is 7.49. The summed E-state index contributed by atoms with van der Waals surface area (Å²) in [5.74, 6) is 1.27. The van der Waals surface area contributed by atoms with E-state index in [9.17, 15) is 4.79 Å². The molecule has 10 heteroatoms. The van der Waals surface area contributed by atoms with Gasteiger partial charge in [-0.05, 0) is 50.5 Å². The summed E-state index contributed by atoms with van der Waals surface area (Å²) in [5.41, 5.74) is 1.56. The van der Waals surface area contributed by atoms with Crippen LogP contribution in [0.3, 0.4) is 0 Å². The lowest BCUT2D eigenvalue weighted by atomic mass is 10.2. The molecule has 31 heavy (non-hydrogen) atoms. The maximum atomic E-state index is 12.2. The predicted molar refractivity (Wildman–Crippen MR) is 116 cm³/mol. The number of anilines is 2. The predicted octanol–water partition coefficient (Wildman–Crippen LogP) is 3.86. The van der Waals surface area contributed by atoms with Crippen LogP contribution in [-0.4, -0.2) is 43.2 Å². The summed E-state index contributed by atoms with van der Waals surface area (Å²) in [6, 6.07) is 7.52. The fourth-order valence-electron chi connectivity index (χ4n) is 3.75. The Morgan fingerprint density at radius 2 is 2.00 bits per heavy atom. The van der Waals surface area contributed by atoms with Crippen molar-refractivity contribution in [2.24, 2.45) is 0 Å². The van der Waals surface area contributed by atoms with Crippen LogP contribution in [0.25, 0.3) is 5.69 Å². The van der Waals surface area contributed by atoms with E-state index >= 15 is 0 Å². The van der Waals surface area contributed by atoms with Crippen LogP contribution in [0.4, 0.5) is 16.7 Å². The van der Waals surface area contributed by atoms with Gasteiger partial charge in [0.25, 0.3) is 0 Å². The van der Waals surface area contributed by atoms with Crippen molar-refractivity contribution in [3.63, 3.8) is 0 Å². The fourth-order valence-corrected chi connectivity index (χ4v) is 3.87. The van der Waals surface area contributed by atoms with E-state index in [1.165, 1.54) is 4.90 Å². The summed E-state index contributed by atoms with van der Waals surface area (Å²) >= 11 is 5.99. The van der Waals surface area contributed by atoms with E-state index in [1.807, 2.05) is 42.0 Å². The number of aromatic nitrogens is 5. The lowest BCUT2D eigenvalue weighted by Gasteiger charge is -2.20. The average Bonchev–Trinajstić information content (AvgIpc) is 3.19. The molecule has 1 saturated heterocycles. The topological polar surface area (TPSA) is 98.1 Å². The van der Waals surface area contributed by atoms with Gasteiger partial charge in [-0.25, -0.2) is 14.7 Å². The maximum absolute atomic E-state index is 12.2. The molecule has 0 bridgehead atoms. The number of carbonyl (C=O) groups is 1. The normalized spacial score (nSPS) is 19.4. The van der Waals surface area contributed by atoms with Crippen LogP contribution in [0.1, 0.15) is 37.7 Å². The number of cyclic esters (lactones) is 1. The number of imidazole rings is 1. The summed E-state index contributed by atoms with van der Waals surface area (Å²) in [4.78, 5) is 31.7. The summed E-state index contributed by atoms with van der Waals surface area (Å²) in [5, 5.41) is 4.13. The highest BCUT2D eigenvalue weighted by atomic mass is 35.5. The first-order valence-electron chi connectivity index (χ1n) is 10.2. The quantitative estimate of drug-likeness (QED) is 0.622. The highest BCUT2D eigenvalue weighted by Crippen LogP contribution is 2.47. The Bertz CT molecular complexity index is 1130. The van der Waals surface area contributed by atoms with Crippen molar-refractivity contribution >= 4 is 29.6 Å². The molecule has 0 unspecified atom stereocenters. The minimum absolute atomic E-state index is 0.0768. The molecular formula is C21H22ClN7O2. The first-order valence-corrected chi connectivity index (χ1v) is 10.6. The highest BCUT2D eigenvalue weighted by molar-refractivity contribution is 6.30. The molecule has 0 radical (unpaired) electrons. The van der Waals surface area contributed by atoms with Crippen molar-refractivity contribution < 1.29 is 9.53 Å². The van der Waals surface area contributed by atoms with Gasteiger partial charge in [0.15, 0.2) is 0 Å². The largest absolute Gasteiger partial charge is 0.447 e. The van der Waals surface area contributed by atoms with Crippen molar-refractivity contribution in [2.45, 2.75) is 44.7 Å². The van der Waals surface area contributed by atoms with Crippen LogP contribution in [0.5, 0.6) is 0 Å². The fraction of sp³-hybridized carbons (Fsp3) is 0.381. The molecule has 1 aliphatic heterocycles. The summed E-state index contributed by atoms with van der Waals surface area (Å²) in [6.07, 6.45) is 5.94. The number of amides is 1. The molecule has 2 aromatic heterocycles. The minimum Gasteiger partial charge on any atom is -0.447 e. The number of halogens is 1. The van der Waals surface area contributed by atoms with Gasteiger partial charge in [0, 0.05) is 16.9 Å². The molecule has 9 nitrogen and oxygen atoms in total. The van der Waals surface area contributed by atoms with Crippen LogP contribution >= 0.6 is 11.6 Å². The van der Waals surface area contributed by atoms with E-state index in [-0.39, 0.29) is 11.6 Å². The first-order chi connectivity index (χ1) is 15.0. The van der Waals surface area contributed by atoms with E-state index < -0.39 is 6.09 Å². The number of ether oxygens (including phenoxy) is 1. The van der Waals surface area contributed by atoms with Crippen LogP contribution in [-0.2, 0) is 10.3 Å². The van der Waals surface area contributed by atoms with Crippen LogP contribution in [0.15, 0.2) is 36.8 Å². The Morgan fingerprint density at radius 3 is 2.71 bits per heavy atom. The van der Waals surface area contributed by atoms with Gasteiger partial charge in [0.1, 0.15) is 12.4 Å². The van der Waals surface area contributed by atoms with Gasteiger partial charge >= 0.3 is 6.09 Å². The van der Waals surface area contributed by atoms with Crippen molar-refractivity contribution in [2.75, 3.05) is 16.8 Å². The Kier molecular flexibility index (Phi) is 4.77. The minimum atomic E-state index is -0.425. The third-order valence-corrected chi connectivity index (χ3v) is 5.93. The number of hydrogen-bond acceptors (Lipinski definition) is 7. The Hall–Kier alpha value is -3.20. The zero-order chi connectivity index (χ0) is 21.6. The van der Waals surface area contributed by atoms with E-state index in [4.69, 9.17) is 16.3 Å². The molecule has 3 aromatic rings. The Balaban J connectivity index is 1.41. The molecule has 2 fully saturated rings. The van der Waals surface area contributed by atoms with Gasteiger partial charge in [-0.2, -0.15) is 15.0 Å². The second-order valence-electron chi connectivity index (χ2n) is 7.86. The molecule has 1 aromatic carbocycles. The number of rotatable bonds is 6. The smallest absolute Gasteiger partial charge is 0.417 e. The lowest BCUT2D eigenvalue weighted by Crippen LogP contribution is -2.35. The first kappa shape index (κ1) is 19.7. The van der Waals surface area contributed by atoms with Crippen LogP contribution in [0.2, 0.25) is 5.02 Å². The Labute approximate surface area is 184 Å². The number of nitrogens with one attached hydrogen (secondary N) is 1. The monoisotopic (exact) mass is 439 g/mol. The SMILES string of the molecule is CC[C@H]1COC(=O)N1c1nc(C)nc(NC2(c3cn(-c4ccc(Cl)cc4)cn3)CC2)n1. The molecule has 160 valence electrons. The lowest BCUT2D eigenvalue weighted by molar-refractivity contribution is 0.178. The zero-order valence-corrected chi connectivity index (χ0v) is 18.0. The number of hydrogen-bond donors (Lipinski definition) is 1. The molecule has 1 saturated carbocycles. The molecule has 1 amide bonds. The van der Waals surface area contributed by atoms with Gasteiger partial charge in [0.05, 0.1) is 23.6 Å². The maximum Gasteiger partial charge on any atom is 0.417 e. The van der Waals surface area contributed by atoms with E-state index in [1.54, 1.807) is 13.3 Å². The third kappa shape index (κ3) is 3.69. The molecular weight excluding hydrogens is 418 g/mol. The van der Waals surface area contributed by atoms with Gasteiger partial charge < -0.3 is 14.6 Å². The van der Waals surface area contributed by atoms with Crippen LogP contribution < -0.4 is 10.2 Å². The number of carbonyl (C=O) groups excluding carboxylic acids is 1. The van der Waals surface area contributed by atoms with Gasteiger partial charge in [-0.15, -0.1) is 0 Å². The van der Waals surface area contributed by atoms with Crippen molar-refractivity contribution in [3.05, 3.63) is 53.3 Å². The summed E-state index contributed by atoms with van der Waals surface area (Å²) in [7, 11) is 0. The molecule has 5 rings (SSSR count). The number of aryl methyl sites for hydroxylation is 1. The van der Waals surface area contributed by atoms with E-state index in [0.29, 0.717) is 29.4 Å². The molecule has 1 aliphatic carbocycles. The molecule has 0 spiro atoms. The van der Waals surface area contributed by atoms with Crippen molar-refractivity contribution in [1.82, 2.24) is 24.5 Å². The second-order valence-corrected chi connectivity index (χ2v) is 8.30. The standard InChI is InChI=1S/C21H22ClN7O2/c1-3-15-11-31-20(30)29(15)19-25-13(2)24-18(26-19)27-21(8-9-21)17-10-28(12-23-17)16-6-4-14(22)5-7-16/h4-7,10,12,15H,3,8-9,11H2,1-2H3,(H,24,25,26,27)/t15-/m0/s1.